The van der Waals surface area contributed by atoms with Crippen molar-refractivity contribution in [2.24, 2.45) is 10.2 Å². The van der Waals surface area contributed by atoms with Gasteiger partial charge < -0.3 is 9.52 Å². The van der Waals surface area contributed by atoms with Crippen molar-refractivity contribution in [1.82, 2.24) is 0 Å². The van der Waals surface area contributed by atoms with Crippen LogP contribution in [0.1, 0.15) is 11.3 Å². The van der Waals surface area contributed by atoms with E-state index in [1.165, 1.54) is 30.8 Å². The molecule has 0 bridgehead atoms. The van der Waals surface area contributed by atoms with E-state index in [2.05, 4.69) is 10.2 Å². The third-order valence-corrected chi connectivity index (χ3v) is 2.56. The SMILES string of the molecule is Oc1c(Cl)cc(Cl)cc1/C=N/N=C\c1ccco1. The molecule has 4 nitrogen and oxygen atoms in total. The van der Waals surface area contributed by atoms with E-state index in [4.69, 9.17) is 27.6 Å². The van der Waals surface area contributed by atoms with Crippen LogP contribution < -0.4 is 0 Å². The number of aromatic hydroxyl groups is 1. The molecule has 92 valence electrons. The van der Waals surface area contributed by atoms with Gasteiger partial charge in [0, 0.05) is 10.6 Å². The predicted molar refractivity (Wildman–Crippen MR) is 72.0 cm³/mol. The minimum atomic E-state index is -0.0852. The second-order valence-electron chi connectivity index (χ2n) is 3.33. The van der Waals surface area contributed by atoms with Gasteiger partial charge in [-0.15, -0.1) is 0 Å². The highest BCUT2D eigenvalue weighted by Crippen LogP contribution is 2.29. The average molecular weight is 283 g/mol. The highest BCUT2D eigenvalue weighted by molar-refractivity contribution is 6.36. The predicted octanol–water partition coefficient (Wildman–Crippen LogP) is 3.75. The zero-order chi connectivity index (χ0) is 13.0. The number of hydrogen-bond donors (Lipinski definition) is 1. The van der Waals surface area contributed by atoms with Crippen LogP contribution in [0.3, 0.4) is 0 Å². The Morgan fingerprint density at radius 3 is 2.67 bits per heavy atom. The Morgan fingerprint density at radius 1 is 1.17 bits per heavy atom. The van der Waals surface area contributed by atoms with Crippen molar-refractivity contribution < 1.29 is 9.52 Å². The lowest BCUT2D eigenvalue weighted by Crippen LogP contribution is -1.84. The number of nitrogens with zero attached hydrogens (tertiary/aromatic N) is 2. The van der Waals surface area contributed by atoms with Crippen molar-refractivity contribution in [3.63, 3.8) is 0 Å². The molecule has 0 fully saturated rings. The molecular formula is C12H8Cl2N2O2. The third-order valence-electron chi connectivity index (χ3n) is 2.05. The lowest BCUT2D eigenvalue weighted by Gasteiger charge is -2.01. The Bertz CT molecular complexity index is 592. The highest BCUT2D eigenvalue weighted by Gasteiger charge is 2.05. The number of phenols is 1. The first kappa shape index (κ1) is 12.7. The largest absolute Gasteiger partial charge is 0.506 e. The standard InChI is InChI=1S/C12H8Cl2N2O2/c13-9-4-8(12(17)11(14)5-9)6-15-16-7-10-2-1-3-18-10/h1-7,17H/b15-6+,16-7-. The van der Waals surface area contributed by atoms with Crippen LogP contribution in [0.15, 0.2) is 45.1 Å². The van der Waals surface area contributed by atoms with Gasteiger partial charge in [-0.05, 0) is 24.3 Å². The smallest absolute Gasteiger partial charge is 0.146 e. The van der Waals surface area contributed by atoms with Crippen molar-refractivity contribution in [2.75, 3.05) is 0 Å². The van der Waals surface area contributed by atoms with Crippen LogP contribution in [-0.4, -0.2) is 17.5 Å². The fraction of sp³-hybridized carbons (Fsp3) is 0. The molecule has 0 aliphatic heterocycles. The summed E-state index contributed by atoms with van der Waals surface area (Å²) in [4.78, 5) is 0. The molecule has 0 unspecified atom stereocenters. The number of phenolic OH excluding ortho intramolecular Hbond substituents is 1. The number of hydrogen-bond acceptors (Lipinski definition) is 4. The minimum absolute atomic E-state index is 0.0852. The van der Waals surface area contributed by atoms with Gasteiger partial charge in [0.15, 0.2) is 0 Å². The quantitative estimate of drug-likeness (QED) is 0.689. The molecule has 1 aromatic heterocycles. The Labute approximate surface area is 113 Å². The van der Waals surface area contributed by atoms with Gasteiger partial charge in [0.25, 0.3) is 0 Å². The van der Waals surface area contributed by atoms with Gasteiger partial charge in [0.2, 0.25) is 0 Å². The van der Waals surface area contributed by atoms with E-state index in [-0.39, 0.29) is 10.8 Å². The number of furan rings is 1. The summed E-state index contributed by atoms with van der Waals surface area (Å²) in [5, 5.41) is 17.8. The molecule has 0 radical (unpaired) electrons. The van der Waals surface area contributed by atoms with E-state index < -0.39 is 0 Å². The average Bonchev–Trinajstić information content (AvgIpc) is 2.83. The Hall–Kier alpha value is -1.78. The number of rotatable bonds is 3. The van der Waals surface area contributed by atoms with Gasteiger partial charge in [0.05, 0.1) is 23.7 Å². The number of benzene rings is 1. The molecule has 2 rings (SSSR count). The van der Waals surface area contributed by atoms with Crippen LogP contribution in [0, 0.1) is 0 Å². The van der Waals surface area contributed by atoms with Crippen LogP contribution in [-0.2, 0) is 0 Å². The first-order chi connectivity index (χ1) is 8.66. The molecular weight excluding hydrogens is 275 g/mol. The first-order valence-corrected chi connectivity index (χ1v) is 5.70. The number of halogens is 2. The maximum Gasteiger partial charge on any atom is 0.146 e. The fourth-order valence-corrected chi connectivity index (χ4v) is 1.74. The molecule has 6 heteroatoms. The zero-order valence-electron chi connectivity index (χ0n) is 9.05. The van der Waals surface area contributed by atoms with Gasteiger partial charge in [-0.1, -0.05) is 23.2 Å². The summed E-state index contributed by atoms with van der Waals surface area (Å²) >= 11 is 11.6. The molecule has 0 saturated heterocycles. The van der Waals surface area contributed by atoms with E-state index in [1.54, 1.807) is 12.1 Å². The van der Waals surface area contributed by atoms with Gasteiger partial charge in [0.1, 0.15) is 11.5 Å². The summed E-state index contributed by atoms with van der Waals surface area (Å²) in [5.41, 5.74) is 0.393. The molecule has 18 heavy (non-hydrogen) atoms. The van der Waals surface area contributed by atoms with E-state index >= 15 is 0 Å². The van der Waals surface area contributed by atoms with Gasteiger partial charge in [-0.2, -0.15) is 10.2 Å². The highest BCUT2D eigenvalue weighted by atomic mass is 35.5. The molecule has 2 aromatic rings. The summed E-state index contributed by atoms with van der Waals surface area (Å²) in [6, 6.07) is 6.47. The maximum absolute atomic E-state index is 9.65. The van der Waals surface area contributed by atoms with E-state index in [1.807, 2.05) is 0 Å². The van der Waals surface area contributed by atoms with E-state index in [0.29, 0.717) is 16.3 Å². The Balaban J connectivity index is 2.14. The monoisotopic (exact) mass is 282 g/mol. The van der Waals surface area contributed by atoms with Crippen LogP contribution in [0.2, 0.25) is 10.0 Å². The Morgan fingerprint density at radius 2 is 1.94 bits per heavy atom. The Kier molecular flexibility index (Phi) is 4.02. The second kappa shape index (κ2) is 5.71. The molecule has 1 N–H and O–H groups in total. The van der Waals surface area contributed by atoms with E-state index in [9.17, 15) is 5.11 Å². The summed E-state index contributed by atoms with van der Waals surface area (Å²) in [6.45, 7) is 0. The van der Waals surface area contributed by atoms with Crippen molar-refractivity contribution in [3.8, 4) is 5.75 Å². The second-order valence-corrected chi connectivity index (χ2v) is 4.17. The minimum Gasteiger partial charge on any atom is -0.506 e. The van der Waals surface area contributed by atoms with Crippen molar-refractivity contribution >= 4 is 35.6 Å². The molecule has 1 heterocycles. The summed E-state index contributed by atoms with van der Waals surface area (Å²) in [6.07, 6.45) is 4.33. The van der Waals surface area contributed by atoms with Crippen LogP contribution in [0.4, 0.5) is 0 Å². The molecule has 1 aromatic carbocycles. The molecule has 0 aliphatic carbocycles. The third kappa shape index (κ3) is 3.12. The van der Waals surface area contributed by atoms with Crippen molar-refractivity contribution in [3.05, 3.63) is 51.9 Å². The maximum atomic E-state index is 9.65. The summed E-state index contributed by atoms with van der Waals surface area (Å²) in [7, 11) is 0. The van der Waals surface area contributed by atoms with Gasteiger partial charge in [-0.3, -0.25) is 0 Å². The van der Waals surface area contributed by atoms with Crippen LogP contribution in [0.5, 0.6) is 5.75 Å². The first-order valence-electron chi connectivity index (χ1n) is 4.95. The van der Waals surface area contributed by atoms with Gasteiger partial charge >= 0.3 is 0 Å². The molecule has 0 spiro atoms. The lowest BCUT2D eigenvalue weighted by atomic mass is 10.2. The van der Waals surface area contributed by atoms with Crippen molar-refractivity contribution in [2.45, 2.75) is 0 Å². The lowest BCUT2D eigenvalue weighted by molar-refractivity contribution is 0.475. The molecule has 0 saturated carbocycles. The van der Waals surface area contributed by atoms with Crippen LogP contribution in [0.25, 0.3) is 0 Å². The molecule has 0 aliphatic rings. The van der Waals surface area contributed by atoms with E-state index in [0.717, 1.165) is 0 Å². The topological polar surface area (TPSA) is 58.1 Å². The van der Waals surface area contributed by atoms with Gasteiger partial charge in [-0.25, -0.2) is 0 Å². The summed E-state index contributed by atoms with van der Waals surface area (Å²) < 4.78 is 5.03. The van der Waals surface area contributed by atoms with Crippen LogP contribution >= 0.6 is 23.2 Å². The zero-order valence-corrected chi connectivity index (χ0v) is 10.6. The molecule has 0 atom stereocenters. The molecule has 0 amide bonds. The van der Waals surface area contributed by atoms with Crippen molar-refractivity contribution in [1.29, 1.82) is 0 Å². The fourth-order valence-electron chi connectivity index (χ4n) is 1.23. The summed E-state index contributed by atoms with van der Waals surface area (Å²) in [5.74, 6) is 0.499. The normalized spacial score (nSPS) is 11.7.